The van der Waals surface area contributed by atoms with Crippen LogP contribution in [0, 0.1) is 0 Å². The summed E-state index contributed by atoms with van der Waals surface area (Å²) in [6.07, 6.45) is 0. The van der Waals surface area contributed by atoms with Crippen molar-refractivity contribution < 1.29 is 0 Å². The van der Waals surface area contributed by atoms with Crippen LogP contribution < -0.4 is 10.6 Å². The van der Waals surface area contributed by atoms with Crippen molar-refractivity contribution in [2.75, 3.05) is 7.05 Å². The van der Waals surface area contributed by atoms with E-state index in [1.165, 1.54) is 4.88 Å². The van der Waals surface area contributed by atoms with E-state index in [0.29, 0.717) is 6.54 Å². The third-order valence-electron chi connectivity index (χ3n) is 3.26. The Kier molecular flexibility index (Phi) is 7.67. The second-order valence-corrected chi connectivity index (χ2v) is 6.83. The van der Waals surface area contributed by atoms with E-state index in [4.69, 9.17) is 0 Å². The average molecular weight is 470 g/mol. The zero-order chi connectivity index (χ0) is 15.9. The maximum absolute atomic E-state index is 4.67. The van der Waals surface area contributed by atoms with Crippen LogP contribution in [-0.2, 0) is 13.1 Å². The van der Waals surface area contributed by atoms with Gasteiger partial charge in [-0.3, -0.25) is 4.99 Å². The van der Waals surface area contributed by atoms with Crippen LogP contribution in [0.4, 0.5) is 0 Å². The Morgan fingerprint density at radius 3 is 2.54 bits per heavy atom. The van der Waals surface area contributed by atoms with Crippen LogP contribution in [0.2, 0.25) is 0 Å². The molecule has 0 spiro atoms. The van der Waals surface area contributed by atoms with E-state index in [1.54, 1.807) is 29.7 Å². The fraction of sp³-hybridized carbons (Fsp3) is 0.176. The van der Waals surface area contributed by atoms with Gasteiger partial charge in [0, 0.05) is 22.9 Å². The van der Waals surface area contributed by atoms with Crippen molar-refractivity contribution in [3.8, 4) is 11.3 Å². The topological polar surface area (TPSA) is 49.3 Å². The molecule has 0 bridgehead atoms. The third kappa shape index (κ3) is 5.29. The number of thiazole rings is 1. The first-order chi connectivity index (χ1) is 11.3. The lowest BCUT2D eigenvalue weighted by atomic mass is 10.2. The number of aromatic nitrogens is 1. The molecule has 0 atom stereocenters. The number of hydrogen-bond donors (Lipinski definition) is 2. The minimum atomic E-state index is 0. The number of rotatable bonds is 5. The summed E-state index contributed by atoms with van der Waals surface area (Å²) in [6.45, 7) is 1.45. The molecule has 2 N–H and O–H groups in total. The first-order valence-corrected chi connectivity index (χ1v) is 9.08. The lowest BCUT2D eigenvalue weighted by Crippen LogP contribution is -2.36. The summed E-state index contributed by atoms with van der Waals surface area (Å²) in [4.78, 5) is 10.2. The quantitative estimate of drug-likeness (QED) is 0.331. The molecule has 0 saturated carbocycles. The normalized spacial score (nSPS) is 11.0. The molecule has 0 radical (unpaired) electrons. The van der Waals surface area contributed by atoms with Crippen LogP contribution >= 0.6 is 46.7 Å². The van der Waals surface area contributed by atoms with Gasteiger partial charge in [-0.25, -0.2) is 4.98 Å². The summed E-state index contributed by atoms with van der Waals surface area (Å²) in [5.74, 6) is 0.787. The Bertz CT molecular complexity index is 754. The van der Waals surface area contributed by atoms with Gasteiger partial charge in [0.25, 0.3) is 0 Å². The maximum Gasteiger partial charge on any atom is 0.191 e. The third-order valence-corrected chi connectivity index (χ3v) is 4.99. The van der Waals surface area contributed by atoms with Crippen molar-refractivity contribution in [2.24, 2.45) is 4.99 Å². The van der Waals surface area contributed by atoms with Gasteiger partial charge in [-0.1, -0.05) is 36.4 Å². The van der Waals surface area contributed by atoms with E-state index in [9.17, 15) is 0 Å². The molecular weight excluding hydrogens is 451 g/mol. The summed E-state index contributed by atoms with van der Waals surface area (Å²) in [5.41, 5.74) is 2.17. The van der Waals surface area contributed by atoms with Gasteiger partial charge in [0.1, 0.15) is 5.01 Å². The molecule has 3 rings (SSSR count). The summed E-state index contributed by atoms with van der Waals surface area (Å²) < 4.78 is 0. The largest absolute Gasteiger partial charge is 0.352 e. The molecule has 4 nitrogen and oxygen atoms in total. The van der Waals surface area contributed by atoms with Crippen molar-refractivity contribution >= 4 is 52.6 Å². The number of nitrogens with one attached hydrogen (secondary N) is 2. The predicted octanol–water partition coefficient (Wildman–Crippen LogP) is 4.35. The molecule has 0 aliphatic rings. The first kappa shape index (κ1) is 18.9. The van der Waals surface area contributed by atoms with Crippen LogP contribution in [0.5, 0.6) is 0 Å². The Morgan fingerprint density at radius 1 is 1.04 bits per heavy atom. The minimum Gasteiger partial charge on any atom is -0.352 e. The highest BCUT2D eigenvalue weighted by Crippen LogP contribution is 2.21. The molecule has 0 saturated heterocycles. The second kappa shape index (κ2) is 9.75. The van der Waals surface area contributed by atoms with Crippen molar-refractivity contribution in [2.45, 2.75) is 13.1 Å². The van der Waals surface area contributed by atoms with Gasteiger partial charge in [0.2, 0.25) is 0 Å². The molecule has 7 heteroatoms. The van der Waals surface area contributed by atoms with Gasteiger partial charge in [-0.2, -0.15) is 0 Å². The molecule has 2 aromatic heterocycles. The maximum atomic E-state index is 4.67. The Morgan fingerprint density at radius 2 is 1.83 bits per heavy atom. The van der Waals surface area contributed by atoms with E-state index in [0.717, 1.165) is 28.8 Å². The van der Waals surface area contributed by atoms with E-state index < -0.39 is 0 Å². The fourth-order valence-electron chi connectivity index (χ4n) is 2.10. The molecular formula is C17H19IN4S2. The van der Waals surface area contributed by atoms with Crippen molar-refractivity contribution in [3.63, 3.8) is 0 Å². The molecule has 0 aliphatic carbocycles. The van der Waals surface area contributed by atoms with Gasteiger partial charge >= 0.3 is 0 Å². The summed E-state index contributed by atoms with van der Waals surface area (Å²) in [6, 6.07) is 14.4. The van der Waals surface area contributed by atoms with E-state index in [-0.39, 0.29) is 24.0 Å². The molecule has 0 aliphatic heterocycles. The Hall–Kier alpha value is -1.45. The van der Waals surface area contributed by atoms with Crippen molar-refractivity contribution in [1.29, 1.82) is 0 Å². The van der Waals surface area contributed by atoms with Crippen LogP contribution in [0.25, 0.3) is 11.3 Å². The fourth-order valence-corrected chi connectivity index (χ4v) is 3.49. The number of thiophene rings is 1. The van der Waals surface area contributed by atoms with Crippen LogP contribution in [0.3, 0.4) is 0 Å². The van der Waals surface area contributed by atoms with E-state index in [1.807, 2.05) is 18.2 Å². The van der Waals surface area contributed by atoms with Crippen molar-refractivity contribution in [3.05, 3.63) is 63.1 Å². The highest BCUT2D eigenvalue weighted by Gasteiger charge is 2.05. The molecule has 24 heavy (non-hydrogen) atoms. The number of nitrogens with zero attached hydrogens (tertiary/aromatic N) is 2. The molecule has 2 heterocycles. The van der Waals surface area contributed by atoms with Gasteiger partial charge in [-0.15, -0.1) is 46.7 Å². The van der Waals surface area contributed by atoms with Gasteiger partial charge in [0.15, 0.2) is 5.96 Å². The molecule has 126 valence electrons. The lowest BCUT2D eigenvalue weighted by Gasteiger charge is -2.09. The van der Waals surface area contributed by atoms with Gasteiger partial charge < -0.3 is 10.6 Å². The predicted molar refractivity (Wildman–Crippen MR) is 114 cm³/mol. The zero-order valence-electron chi connectivity index (χ0n) is 13.2. The van der Waals surface area contributed by atoms with Crippen molar-refractivity contribution in [1.82, 2.24) is 15.6 Å². The number of guanidine groups is 1. The summed E-state index contributed by atoms with van der Waals surface area (Å²) in [5, 5.41) is 11.8. The van der Waals surface area contributed by atoms with Gasteiger partial charge in [0.05, 0.1) is 18.8 Å². The SMILES string of the molecule is CN=C(NCc1cccs1)NCc1nc(-c2ccccc2)cs1.I. The molecule has 0 fully saturated rings. The number of hydrogen-bond acceptors (Lipinski definition) is 4. The Balaban J connectivity index is 0.00000208. The first-order valence-electron chi connectivity index (χ1n) is 7.32. The minimum absolute atomic E-state index is 0. The standard InChI is InChI=1S/C17H18N4S2.HI/c1-18-17(19-10-14-8-5-9-22-14)20-11-16-21-15(12-23-16)13-6-3-2-4-7-13;/h2-9,12H,10-11H2,1H3,(H2,18,19,20);1H. The lowest BCUT2D eigenvalue weighted by molar-refractivity contribution is 0.811. The number of aliphatic imine (C=N–C) groups is 1. The Labute approximate surface area is 167 Å². The molecule has 0 unspecified atom stereocenters. The van der Waals surface area contributed by atoms with E-state index >= 15 is 0 Å². The number of halogens is 1. The zero-order valence-corrected chi connectivity index (χ0v) is 17.2. The monoisotopic (exact) mass is 470 g/mol. The van der Waals surface area contributed by atoms with E-state index in [2.05, 4.69) is 55.6 Å². The highest BCUT2D eigenvalue weighted by molar-refractivity contribution is 14.0. The molecule has 3 aromatic rings. The van der Waals surface area contributed by atoms with Crippen LogP contribution in [-0.4, -0.2) is 18.0 Å². The second-order valence-electron chi connectivity index (χ2n) is 4.85. The van der Waals surface area contributed by atoms with Crippen LogP contribution in [0.1, 0.15) is 9.88 Å². The highest BCUT2D eigenvalue weighted by atomic mass is 127. The number of benzene rings is 1. The molecule has 0 amide bonds. The smallest absolute Gasteiger partial charge is 0.191 e. The van der Waals surface area contributed by atoms with Crippen LogP contribution in [0.15, 0.2) is 58.2 Å². The average Bonchev–Trinajstić information content (AvgIpc) is 3.27. The summed E-state index contributed by atoms with van der Waals surface area (Å²) in [7, 11) is 1.78. The summed E-state index contributed by atoms with van der Waals surface area (Å²) >= 11 is 3.39. The molecule has 1 aromatic carbocycles. The van der Waals surface area contributed by atoms with Gasteiger partial charge in [-0.05, 0) is 11.4 Å².